The van der Waals surface area contributed by atoms with E-state index in [-0.39, 0.29) is 16.5 Å². The first kappa shape index (κ1) is 29.4. The number of nitrogens with zero attached hydrogens (tertiary/aromatic N) is 4. The first-order valence-electron chi connectivity index (χ1n) is 14.1. The van der Waals surface area contributed by atoms with Gasteiger partial charge in [-0.25, -0.2) is 15.0 Å². The molecule has 2 aromatic carbocycles. The van der Waals surface area contributed by atoms with E-state index in [4.69, 9.17) is 20.0 Å². The van der Waals surface area contributed by atoms with Crippen LogP contribution in [-0.4, -0.2) is 23.4 Å². The Morgan fingerprint density at radius 2 is 1.18 bits per heavy atom. The first-order chi connectivity index (χ1) is 21.7. The fraction of sp³-hybridized carbons (Fsp3) is 0. The topological polar surface area (TPSA) is 91.3 Å². The summed E-state index contributed by atoms with van der Waals surface area (Å²) in [6.07, 6.45) is 19.6. The number of carbonyl (C=O) groups is 1. The molecule has 0 unspecified atom stereocenters. The zero-order valence-corrected chi connectivity index (χ0v) is 24.8. The molecule has 1 aromatic heterocycles. The minimum atomic E-state index is 0. The summed E-state index contributed by atoms with van der Waals surface area (Å²) in [5.74, 6) is 0. The van der Waals surface area contributed by atoms with Crippen molar-refractivity contribution in [3.05, 3.63) is 185 Å². The minimum Gasteiger partial charge on any atom is -0.878 e. The number of hydrogen-bond donors (Lipinski definition) is 0. The van der Waals surface area contributed by atoms with Gasteiger partial charge in [0.1, 0.15) is 6.29 Å². The van der Waals surface area contributed by atoms with E-state index in [1.54, 1.807) is 12.2 Å². The van der Waals surface area contributed by atoms with Gasteiger partial charge in [0.15, 0.2) is 0 Å². The van der Waals surface area contributed by atoms with Crippen molar-refractivity contribution in [2.45, 2.75) is 0 Å². The Morgan fingerprint density at radius 1 is 0.600 bits per heavy atom. The van der Waals surface area contributed by atoms with E-state index in [1.807, 2.05) is 109 Å². The fourth-order valence-electron chi connectivity index (χ4n) is 5.54. The quantitative estimate of drug-likeness (QED) is 0.148. The van der Waals surface area contributed by atoms with Gasteiger partial charge in [-0.2, -0.15) is 0 Å². The molecule has 0 aliphatic carbocycles. The van der Waals surface area contributed by atoms with Gasteiger partial charge in [-0.3, -0.25) is 4.79 Å². The van der Waals surface area contributed by atoms with Gasteiger partial charge >= 0.3 is 16.5 Å². The second kappa shape index (κ2) is 12.9. The van der Waals surface area contributed by atoms with Crippen LogP contribution in [0.15, 0.2) is 177 Å². The van der Waals surface area contributed by atoms with Gasteiger partial charge in [0.2, 0.25) is 0 Å². The molecule has 0 amide bonds. The van der Waals surface area contributed by atoms with Gasteiger partial charge in [0.05, 0.1) is 34.2 Å². The van der Waals surface area contributed by atoms with Crippen LogP contribution in [0.1, 0.15) is 22.5 Å². The Kier molecular flexibility index (Phi) is 8.45. The van der Waals surface area contributed by atoms with Crippen LogP contribution < -0.4 is 10.1 Å². The normalized spacial score (nSPS) is 18.0. The molecule has 0 radical (unpaired) electrons. The summed E-state index contributed by atoms with van der Waals surface area (Å²) in [6, 6.07) is 23.9. The summed E-state index contributed by atoms with van der Waals surface area (Å²) in [5.41, 5.74) is 10.8. The number of benzene rings is 2. The molecule has 0 spiro atoms. The Hall–Kier alpha value is -5.65. The van der Waals surface area contributed by atoms with E-state index in [0.717, 1.165) is 68.8 Å². The SMILES string of the molecule is O=C/C=C/C1=C2C=CC(=N2)C(c2ccccc2)=C2C=CC(=N2)/C(=C\C=C/[O-])c2ccc([n-]2)C(c2ccccc2)=C2C=CC1=N2.[Ni+2]. The van der Waals surface area contributed by atoms with Crippen LogP contribution >= 0.6 is 0 Å². The fourth-order valence-corrected chi connectivity index (χ4v) is 5.54. The van der Waals surface area contributed by atoms with Crippen molar-refractivity contribution in [1.82, 2.24) is 4.98 Å². The van der Waals surface area contributed by atoms with Crippen LogP contribution in [-0.2, 0) is 21.3 Å². The molecule has 3 aromatic rings. The number of fused-ring (bicyclic) bond motifs is 5. The monoisotopic (exact) mass is 626 g/mol. The third-order valence-electron chi connectivity index (χ3n) is 7.50. The summed E-state index contributed by atoms with van der Waals surface area (Å²) >= 11 is 0. The molecule has 218 valence electrons. The van der Waals surface area contributed by atoms with Crippen LogP contribution in [0.3, 0.4) is 0 Å². The molecule has 7 rings (SSSR count). The summed E-state index contributed by atoms with van der Waals surface area (Å²) in [4.78, 5) is 31.6. The van der Waals surface area contributed by atoms with Crippen LogP contribution in [0.4, 0.5) is 0 Å². The molecule has 0 saturated heterocycles. The predicted molar refractivity (Wildman–Crippen MR) is 175 cm³/mol. The second-order valence-electron chi connectivity index (χ2n) is 10.2. The number of allylic oxidation sites excluding steroid dienone is 13. The molecule has 0 atom stereocenters. The maximum absolute atomic E-state index is 11.4. The molecule has 4 aliphatic heterocycles. The summed E-state index contributed by atoms with van der Waals surface area (Å²) in [6.45, 7) is 0. The van der Waals surface area contributed by atoms with E-state index < -0.39 is 0 Å². The number of aliphatic imine (C=N–C) groups is 3. The molecular weight excluding hydrogens is 603 g/mol. The van der Waals surface area contributed by atoms with Crippen molar-refractivity contribution in [1.29, 1.82) is 0 Å². The average molecular weight is 627 g/mol. The van der Waals surface area contributed by atoms with Crippen LogP contribution in [0.2, 0.25) is 0 Å². The number of aldehydes is 1. The van der Waals surface area contributed by atoms with E-state index in [1.165, 1.54) is 12.2 Å². The van der Waals surface area contributed by atoms with Crippen LogP contribution in [0.5, 0.6) is 0 Å². The molecule has 0 N–H and O–H groups in total. The summed E-state index contributed by atoms with van der Waals surface area (Å²) in [5, 5.41) is 11.4. The maximum atomic E-state index is 11.4. The first-order valence-corrected chi connectivity index (χ1v) is 14.1. The van der Waals surface area contributed by atoms with Crippen molar-refractivity contribution in [3.63, 3.8) is 0 Å². The molecule has 8 bridgehead atoms. The number of hydrogen-bond acceptors (Lipinski definition) is 5. The Balaban J connectivity index is 0.00000357. The molecule has 0 fully saturated rings. The smallest absolute Gasteiger partial charge is 0.878 e. The molecule has 45 heavy (non-hydrogen) atoms. The van der Waals surface area contributed by atoms with Crippen LogP contribution in [0, 0.1) is 0 Å². The van der Waals surface area contributed by atoms with Crippen molar-refractivity contribution in [3.8, 4) is 0 Å². The Labute approximate surface area is 270 Å². The van der Waals surface area contributed by atoms with E-state index in [2.05, 4.69) is 0 Å². The molecule has 6 nitrogen and oxygen atoms in total. The molecular formula is C38H24N4NiO2. The van der Waals surface area contributed by atoms with Crippen molar-refractivity contribution >= 4 is 40.1 Å². The van der Waals surface area contributed by atoms with Gasteiger partial charge in [-0.1, -0.05) is 84.9 Å². The predicted octanol–water partition coefficient (Wildman–Crippen LogP) is 6.12. The molecule has 0 saturated carbocycles. The summed E-state index contributed by atoms with van der Waals surface area (Å²) in [7, 11) is 0. The minimum absolute atomic E-state index is 0. The molecule has 5 heterocycles. The van der Waals surface area contributed by atoms with Gasteiger partial charge in [0, 0.05) is 11.1 Å². The molecule has 4 aliphatic rings. The number of rotatable bonds is 5. The van der Waals surface area contributed by atoms with Gasteiger partial charge in [0.25, 0.3) is 0 Å². The van der Waals surface area contributed by atoms with Crippen molar-refractivity contribution in [2.75, 3.05) is 0 Å². The third-order valence-corrected chi connectivity index (χ3v) is 7.50. The van der Waals surface area contributed by atoms with Gasteiger partial charge in [-0.05, 0) is 70.9 Å². The number of carbonyl (C=O) groups excluding carboxylic acids is 1. The Morgan fingerprint density at radius 3 is 1.89 bits per heavy atom. The third kappa shape index (κ3) is 5.69. The standard InChI is InChI=1S/C38H26N4O2.Ni/c43-23-7-13-27-29-15-19-33(39-29)37(25-9-3-1-4-10-25)34-20-16-30(40-34)28(14-8-24-44)32-18-22-36(42-32)38(26-11-5-2-6-12-26)35-21-17-31(27)41-35;/h1-24H,(H2,39,40,41,42,43,44);/q;+2/p-2. The van der Waals surface area contributed by atoms with E-state index >= 15 is 0 Å². The van der Waals surface area contributed by atoms with E-state index in [9.17, 15) is 9.90 Å². The zero-order valence-electron chi connectivity index (χ0n) is 23.8. The number of aromatic nitrogens is 1. The van der Waals surface area contributed by atoms with Crippen molar-refractivity contribution in [2.24, 2.45) is 15.0 Å². The van der Waals surface area contributed by atoms with Gasteiger partial charge in [-0.15, -0.1) is 17.6 Å². The van der Waals surface area contributed by atoms with E-state index in [0.29, 0.717) is 22.8 Å². The van der Waals surface area contributed by atoms with Gasteiger partial charge < -0.3 is 10.1 Å². The molecule has 7 heteroatoms. The van der Waals surface area contributed by atoms with Crippen LogP contribution in [0.25, 0.3) is 16.7 Å². The summed E-state index contributed by atoms with van der Waals surface area (Å²) < 4.78 is 0. The largest absolute Gasteiger partial charge is 2.00 e. The maximum Gasteiger partial charge on any atom is 2.00 e. The average Bonchev–Trinajstić information content (AvgIpc) is 3.89. The Bertz CT molecular complexity index is 2060. The van der Waals surface area contributed by atoms with Crippen molar-refractivity contribution < 1.29 is 26.4 Å². The zero-order chi connectivity index (χ0) is 29.9. The second-order valence-corrected chi connectivity index (χ2v) is 10.2.